The standard InChI is InChI=1S/C13H14N2O4/c1-8(16)9-3-2-4-10(5-9)14-13(18)11-6-19-7-12(17)15-11/h2-5,11H,6-7H2,1H3,(H,14,18)(H,15,17). The quantitative estimate of drug-likeness (QED) is 0.769. The summed E-state index contributed by atoms with van der Waals surface area (Å²) in [7, 11) is 0. The molecular weight excluding hydrogens is 248 g/mol. The largest absolute Gasteiger partial charge is 0.369 e. The molecule has 0 spiro atoms. The van der Waals surface area contributed by atoms with Crippen LogP contribution in [0.2, 0.25) is 0 Å². The van der Waals surface area contributed by atoms with Gasteiger partial charge < -0.3 is 15.4 Å². The van der Waals surface area contributed by atoms with Crippen molar-refractivity contribution in [3.05, 3.63) is 29.8 Å². The fourth-order valence-electron chi connectivity index (χ4n) is 1.73. The van der Waals surface area contributed by atoms with Gasteiger partial charge in [-0.25, -0.2) is 0 Å². The molecule has 1 fully saturated rings. The average Bonchev–Trinajstić information content (AvgIpc) is 2.39. The molecule has 2 amide bonds. The van der Waals surface area contributed by atoms with Crippen molar-refractivity contribution in [2.24, 2.45) is 0 Å². The molecule has 1 aliphatic rings. The third kappa shape index (κ3) is 3.38. The van der Waals surface area contributed by atoms with Crippen LogP contribution in [0.15, 0.2) is 24.3 Å². The van der Waals surface area contributed by atoms with Crippen LogP contribution in [0.3, 0.4) is 0 Å². The molecule has 1 heterocycles. The maximum atomic E-state index is 11.9. The highest BCUT2D eigenvalue weighted by atomic mass is 16.5. The van der Waals surface area contributed by atoms with Crippen molar-refractivity contribution >= 4 is 23.3 Å². The number of Topliss-reactive ketones (excluding diaryl/α,β-unsaturated/α-hetero) is 1. The van der Waals surface area contributed by atoms with Gasteiger partial charge >= 0.3 is 0 Å². The predicted molar refractivity (Wildman–Crippen MR) is 67.8 cm³/mol. The first kappa shape index (κ1) is 13.2. The number of ketones is 1. The first-order chi connectivity index (χ1) is 9.06. The summed E-state index contributed by atoms with van der Waals surface area (Å²) in [6.45, 7) is 1.57. The highest BCUT2D eigenvalue weighted by molar-refractivity contribution is 6.00. The lowest BCUT2D eigenvalue weighted by Gasteiger charge is -2.22. The molecule has 1 saturated heterocycles. The Morgan fingerprint density at radius 1 is 1.42 bits per heavy atom. The molecule has 6 nitrogen and oxygen atoms in total. The SMILES string of the molecule is CC(=O)c1cccc(NC(=O)C2COCC(=O)N2)c1. The number of ether oxygens (including phenoxy) is 1. The lowest BCUT2D eigenvalue weighted by Crippen LogP contribution is -2.51. The van der Waals surface area contributed by atoms with Gasteiger partial charge in [-0.15, -0.1) is 0 Å². The number of rotatable bonds is 3. The number of hydrogen-bond donors (Lipinski definition) is 2. The van der Waals surface area contributed by atoms with E-state index in [1.54, 1.807) is 24.3 Å². The molecule has 0 bridgehead atoms. The maximum absolute atomic E-state index is 11.9. The normalized spacial score (nSPS) is 18.6. The van der Waals surface area contributed by atoms with Crippen molar-refractivity contribution in [1.29, 1.82) is 0 Å². The summed E-state index contributed by atoms with van der Waals surface area (Å²) in [5, 5.41) is 5.17. The molecule has 1 aliphatic heterocycles. The second-order valence-electron chi connectivity index (χ2n) is 4.26. The summed E-state index contributed by atoms with van der Waals surface area (Å²) in [6, 6.07) is 5.91. The minimum atomic E-state index is -0.706. The number of carbonyl (C=O) groups excluding carboxylic acids is 3. The van der Waals surface area contributed by atoms with Crippen molar-refractivity contribution < 1.29 is 19.1 Å². The van der Waals surface area contributed by atoms with Crippen LogP contribution in [0.1, 0.15) is 17.3 Å². The fraction of sp³-hybridized carbons (Fsp3) is 0.308. The van der Waals surface area contributed by atoms with Crippen molar-refractivity contribution in [2.75, 3.05) is 18.5 Å². The van der Waals surface area contributed by atoms with E-state index in [9.17, 15) is 14.4 Å². The average molecular weight is 262 g/mol. The third-order valence-corrected chi connectivity index (χ3v) is 2.71. The smallest absolute Gasteiger partial charge is 0.249 e. The van der Waals surface area contributed by atoms with E-state index in [-0.39, 0.29) is 30.8 Å². The van der Waals surface area contributed by atoms with Crippen LogP contribution in [-0.2, 0) is 14.3 Å². The Morgan fingerprint density at radius 2 is 2.21 bits per heavy atom. The molecule has 0 saturated carbocycles. The van der Waals surface area contributed by atoms with Crippen LogP contribution < -0.4 is 10.6 Å². The molecule has 1 unspecified atom stereocenters. The van der Waals surface area contributed by atoms with Gasteiger partial charge in [-0.1, -0.05) is 12.1 Å². The van der Waals surface area contributed by atoms with Crippen LogP contribution in [0.5, 0.6) is 0 Å². The van der Waals surface area contributed by atoms with Crippen molar-refractivity contribution in [3.63, 3.8) is 0 Å². The Labute approximate surface area is 110 Å². The number of morpholine rings is 1. The highest BCUT2D eigenvalue weighted by Gasteiger charge is 2.25. The van der Waals surface area contributed by atoms with E-state index in [1.807, 2.05) is 0 Å². The molecule has 100 valence electrons. The zero-order valence-corrected chi connectivity index (χ0v) is 10.4. The molecule has 0 aliphatic carbocycles. The number of carbonyl (C=O) groups is 3. The van der Waals surface area contributed by atoms with Crippen LogP contribution >= 0.6 is 0 Å². The van der Waals surface area contributed by atoms with Crippen LogP contribution in [0, 0.1) is 0 Å². The Bertz CT molecular complexity index is 527. The molecule has 1 aromatic rings. The van der Waals surface area contributed by atoms with Gasteiger partial charge in [0, 0.05) is 11.3 Å². The monoisotopic (exact) mass is 262 g/mol. The van der Waals surface area contributed by atoms with E-state index in [1.165, 1.54) is 6.92 Å². The summed E-state index contributed by atoms with van der Waals surface area (Å²) in [6.07, 6.45) is 0. The molecule has 1 atom stereocenters. The summed E-state index contributed by atoms with van der Waals surface area (Å²) in [4.78, 5) is 34.3. The molecule has 6 heteroatoms. The van der Waals surface area contributed by atoms with Gasteiger partial charge in [0.15, 0.2) is 5.78 Å². The van der Waals surface area contributed by atoms with E-state index in [0.29, 0.717) is 11.3 Å². The highest BCUT2D eigenvalue weighted by Crippen LogP contribution is 2.12. The number of benzene rings is 1. The van der Waals surface area contributed by atoms with E-state index in [4.69, 9.17) is 4.74 Å². The van der Waals surface area contributed by atoms with Crippen molar-refractivity contribution in [3.8, 4) is 0 Å². The molecule has 0 aromatic heterocycles. The van der Waals surface area contributed by atoms with Gasteiger partial charge in [0.25, 0.3) is 0 Å². The Kier molecular flexibility index (Phi) is 3.91. The molecule has 2 N–H and O–H groups in total. The third-order valence-electron chi connectivity index (χ3n) is 2.71. The summed E-state index contributed by atoms with van der Waals surface area (Å²) >= 11 is 0. The number of anilines is 1. The number of nitrogens with one attached hydrogen (secondary N) is 2. The maximum Gasteiger partial charge on any atom is 0.249 e. The Balaban J connectivity index is 2.04. The van der Waals surface area contributed by atoms with Gasteiger partial charge in [0.2, 0.25) is 11.8 Å². The zero-order valence-electron chi connectivity index (χ0n) is 10.4. The predicted octanol–water partition coefficient (Wildman–Crippen LogP) is 0.343. The van der Waals surface area contributed by atoms with Crippen LogP contribution in [0.4, 0.5) is 5.69 Å². The van der Waals surface area contributed by atoms with Gasteiger partial charge in [-0.05, 0) is 19.1 Å². The topological polar surface area (TPSA) is 84.5 Å². The summed E-state index contributed by atoms with van der Waals surface area (Å²) in [5.41, 5.74) is 1.03. The first-order valence-electron chi connectivity index (χ1n) is 5.85. The fourth-order valence-corrected chi connectivity index (χ4v) is 1.73. The summed E-state index contributed by atoms with van der Waals surface area (Å²) < 4.78 is 4.99. The van der Waals surface area contributed by atoms with Gasteiger partial charge in [0.1, 0.15) is 12.6 Å². The molecule has 1 aromatic carbocycles. The molecule has 19 heavy (non-hydrogen) atoms. The van der Waals surface area contributed by atoms with E-state index < -0.39 is 6.04 Å². The Morgan fingerprint density at radius 3 is 2.89 bits per heavy atom. The number of amides is 2. The number of hydrogen-bond acceptors (Lipinski definition) is 4. The Hall–Kier alpha value is -2.21. The molecular formula is C13H14N2O4. The zero-order chi connectivity index (χ0) is 13.8. The lowest BCUT2D eigenvalue weighted by molar-refractivity contribution is -0.136. The van der Waals surface area contributed by atoms with Crippen molar-refractivity contribution in [2.45, 2.75) is 13.0 Å². The van der Waals surface area contributed by atoms with Gasteiger partial charge in [-0.2, -0.15) is 0 Å². The second-order valence-corrected chi connectivity index (χ2v) is 4.26. The van der Waals surface area contributed by atoms with Crippen LogP contribution in [-0.4, -0.2) is 36.9 Å². The lowest BCUT2D eigenvalue weighted by atomic mass is 10.1. The molecule has 0 radical (unpaired) electrons. The van der Waals surface area contributed by atoms with Gasteiger partial charge in [-0.3, -0.25) is 14.4 Å². The first-order valence-corrected chi connectivity index (χ1v) is 5.85. The van der Waals surface area contributed by atoms with E-state index in [0.717, 1.165) is 0 Å². The van der Waals surface area contributed by atoms with Gasteiger partial charge in [0.05, 0.1) is 6.61 Å². The minimum absolute atomic E-state index is 0.0242. The van der Waals surface area contributed by atoms with Crippen molar-refractivity contribution in [1.82, 2.24) is 5.32 Å². The van der Waals surface area contributed by atoms with E-state index >= 15 is 0 Å². The molecule has 2 rings (SSSR count). The summed E-state index contributed by atoms with van der Waals surface area (Å²) in [5.74, 6) is -0.761. The minimum Gasteiger partial charge on any atom is -0.369 e. The second kappa shape index (κ2) is 5.62. The van der Waals surface area contributed by atoms with Crippen LogP contribution in [0.25, 0.3) is 0 Å². The van der Waals surface area contributed by atoms with E-state index in [2.05, 4.69) is 10.6 Å².